The van der Waals surface area contributed by atoms with Gasteiger partial charge in [-0.1, -0.05) is 26.7 Å². The van der Waals surface area contributed by atoms with E-state index in [-0.39, 0.29) is 6.03 Å². The van der Waals surface area contributed by atoms with E-state index in [4.69, 9.17) is 0 Å². The minimum atomic E-state index is 0.0000831. The number of urea groups is 1. The van der Waals surface area contributed by atoms with Crippen molar-refractivity contribution in [3.05, 3.63) is 24.3 Å². The van der Waals surface area contributed by atoms with Crippen molar-refractivity contribution in [1.29, 1.82) is 0 Å². The summed E-state index contributed by atoms with van der Waals surface area (Å²) in [4.78, 5) is 13.4. The minimum Gasteiger partial charge on any atom is -0.382 e. The van der Waals surface area contributed by atoms with Crippen molar-refractivity contribution in [1.82, 2.24) is 5.32 Å². The van der Waals surface area contributed by atoms with Gasteiger partial charge in [-0.15, -0.1) is 0 Å². The fraction of sp³-hybridized carbons (Fsp3) is 0.562. The van der Waals surface area contributed by atoms with Gasteiger partial charge in [-0.3, -0.25) is 4.90 Å². The largest absolute Gasteiger partial charge is 0.382 e. The molecule has 0 radical (unpaired) electrons. The van der Waals surface area contributed by atoms with Crippen LogP contribution in [-0.2, 0) is 0 Å². The van der Waals surface area contributed by atoms with Crippen LogP contribution in [0.5, 0.6) is 0 Å². The number of amides is 2. The Kier molecular flexibility index (Phi) is 5.27. The van der Waals surface area contributed by atoms with Gasteiger partial charge < -0.3 is 10.6 Å². The average molecular weight is 275 g/mol. The van der Waals surface area contributed by atoms with Crippen LogP contribution in [0.25, 0.3) is 0 Å². The van der Waals surface area contributed by atoms with Gasteiger partial charge in [0.2, 0.25) is 0 Å². The number of carbonyl (C=O) groups is 1. The molecule has 0 bridgehead atoms. The van der Waals surface area contributed by atoms with Crippen molar-refractivity contribution in [3.8, 4) is 0 Å². The first-order valence-corrected chi connectivity index (χ1v) is 7.66. The molecule has 1 heterocycles. The molecule has 0 aliphatic carbocycles. The molecule has 0 spiro atoms. The predicted octanol–water partition coefficient (Wildman–Crippen LogP) is 3.60. The molecule has 0 aromatic heterocycles. The van der Waals surface area contributed by atoms with Crippen LogP contribution in [0.15, 0.2) is 24.3 Å². The second kappa shape index (κ2) is 7.17. The molecule has 1 aliphatic heterocycles. The van der Waals surface area contributed by atoms with Crippen LogP contribution in [0.3, 0.4) is 0 Å². The summed E-state index contributed by atoms with van der Waals surface area (Å²) in [7, 11) is 0. The highest BCUT2D eigenvalue weighted by Crippen LogP contribution is 2.21. The highest BCUT2D eigenvalue weighted by Gasteiger charge is 2.20. The molecule has 1 saturated heterocycles. The second-order valence-electron chi connectivity index (χ2n) is 5.32. The quantitative estimate of drug-likeness (QED) is 0.798. The van der Waals surface area contributed by atoms with Crippen LogP contribution in [0.1, 0.15) is 39.5 Å². The maximum atomic E-state index is 11.6. The minimum absolute atomic E-state index is 0.0000831. The molecule has 1 unspecified atom stereocenters. The topological polar surface area (TPSA) is 44.4 Å². The van der Waals surface area contributed by atoms with Crippen molar-refractivity contribution in [2.45, 2.75) is 45.6 Å². The summed E-state index contributed by atoms with van der Waals surface area (Å²) in [6.45, 7) is 5.92. The van der Waals surface area contributed by atoms with Gasteiger partial charge in [0.05, 0.1) is 0 Å². The molecule has 4 heteroatoms. The van der Waals surface area contributed by atoms with Gasteiger partial charge in [-0.05, 0) is 37.1 Å². The first-order chi connectivity index (χ1) is 9.74. The van der Waals surface area contributed by atoms with Gasteiger partial charge in [-0.2, -0.15) is 0 Å². The van der Waals surface area contributed by atoms with E-state index in [2.05, 4.69) is 36.6 Å². The number of nitrogens with zero attached hydrogens (tertiary/aromatic N) is 1. The molecule has 110 valence electrons. The maximum Gasteiger partial charge on any atom is 0.321 e. The summed E-state index contributed by atoms with van der Waals surface area (Å²) in [5, 5.41) is 6.39. The number of hydrogen-bond donors (Lipinski definition) is 2. The van der Waals surface area contributed by atoms with E-state index >= 15 is 0 Å². The molecule has 2 amide bonds. The van der Waals surface area contributed by atoms with Crippen molar-refractivity contribution in [2.24, 2.45) is 0 Å². The number of benzene rings is 1. The summed E-state index contributed by atoms with van der Waals surface area (Å²) in [5.41, 5.74) is 2.10. The van der Waals surface area contributed by atoms with Crippen LogP contribution < -0.4 is 15.5 Å². The average Bonchev–Trinajstić information content (AvgIpc) is 2.90. The highest BCUT2D eigenvalue weighted by molar-refractivity contribution is 5.94. The highest BCUT2D eigenvalue weighted by atomic mass is 16.2. The Hall–Kier alpha value is -1.71. The van der Waals surface area contributed by atoms with Gasteiger partial charge in [0.15, 0.2) is 0 Å². The third-order valence-corrected chi connectivity index (χ3v) is 3.81. The smallest absolute Gasteiger partial charge is 0.321 e. The van der Waals surface area contributed by atoms with Crippen LogP contribution in [-0.4, -0.2) is 25.2 Å². The van der Waals surface area contributed by atoms with E-state index in [0.29, 0.717) is 6.04 Å². The Morgan fingerprint density at radius 3 is 2.60 bits per heavy atom. The molecule has 1 fully saturated rings. The summed E-state index contributed by atoms with van der Waals surface area (Å²) in [6, 6.07) is 8.70. The molecule has 1 atom stereocenters. The molecule has 0 saturated carbocycles. The summed E-state index contributed by atoms with van der Waals surface area (Å²) in [5.74, 6) is 0. The Morgan fingerprint density at radius 1 is 1.30 bits per heavy atom. The summed E-state index contributed by atoms with van der Waals surface area (Å²) >= 11 is 0. The van der Waals surface area contributed by atoms with E-state index in [1.165, 1.54) is 19.3 Å². The fourth-order valence-electron chi connectivity index (χ4n) is 2.52. The fourth-order valence-corrected chi connectivity index (χ4v) is 2.52. The zero-order valence-corrected chi connectivity index (χ0v) is 12.5. The normalized spacial score (nSPS) is 16.1. The Labute approximate surface area is 121 Å². The first-order valence-electron chi connectivity index (χ1n) is 7.66. The number of carbonyl (C=O) groups excluding carboxylic acids is 1. The molecule has 20 heavy (non-hydrogen) atoms. The van der Waals surface area contributed by atoms with Gasteiger partial charge in [0.25, 0.3) is 0 Å². The lowest BCUT2D eigenvalue weighted by molar-refractivity contribution is 0.252. The molecule has 1 aromatic carbocycles. The number of anilines is 2. The third-order valence-electron chi connectivity index (χ3n) is 3.81. The van der Waals surface area contributed by atoms with Gasteiger partial charge in [0, 0.05) is 30.5 Å². The maximum absolute atomic E-state index is 11.6. The van der Waals surface area contributed by atoms with E-state index in [1.54, 1.807) is 4.90 Å². The Morgan fingerprint density at radius 2 is 2.05 bits per heavy atom. The van der Waals surface area contributed by atoms with Crippen LogP contribution >= 0.6 is 0 Å². The van der Waals surface area contributed by atoms with E-state index in [1.807, 2.05) is 12.1 Å². The van der Waals surface area contributed by atoms with Crippen LogP contribution in [0.2, 0.25) is 0 Å². The Bertz CT molecular complexity index is 430. The zero-order valence-electron chi connectivity index (χ0n) is 12.5. The molecular formula is C16H25N3O. The van der Waals surface area contributed by atoms with Gasteiger partial charge in [0.1, 0.15) is 0 Å². The first kappa shape index (κ1) is 14.7. The van der Waals surface area contributed by atoms with Crippen molar-refractivity contribution >= 4 is 17.4 Å². The van der Waals surface area contributed by atoms with Crippen LogP contribution in [0.4, 0.5) is 16.2 Å². The van der Waals surface area contributed by atoms with E-state index in [0.717, 1.165) is 30.9 Å². The van der Waals surface area contributed by atoms with Crippen LogP contribution in [0, 0.1) is 0 Å². The second-order valence-corrected chi connectivity index (χ2v) is 5.32. The van der Waals surface area contributed by atoms with Gasteiger partial charge >= 0.3 is 6.03 Å². The lowest BCUT2D eigenvalue weighted by Crippen LogP contribution is -2.27. The monoisotopic (exact) mass is 275 g/mol. The molecule has 1 aromatic rings. The summed E-state index contributed by atoms with van der Waals surface area (Å²) in [6.07, 6.45) is 4.85. The lowest BCUT2D eigenvalue weighted by Gasteiger charge is -2.19. The number of unbranched alkanes of at least 4 members (excludes halogenated alkanes) is 1. The molecule has 4 nitrogen and oxygen atoms in total. The zero-order chi connectivity index (χ0) is 14.4. The lowest BCUT2D eigenvalue weighted by atomic mass is 10.1. The van der Waals surface area contributed by atoms with Gasteiger partial charge in [-0.25, -0.2) is 4.79 Å². The number of hydrogen-bond acceptors (Lipinski definition) is 2. The third kappa shape index (κ3) is 3.65. The SMILES string of the molecule is CCCCC(CC)Nc1ccc(N2CCNC2=O)cc1. The molecule has 1 aliphatic rings. The number of nitrogens with one attached hydrogen (secondary N) is 2. The predicted molar refractivity (Wildman–Crippen MR) is 84.4 cm³/mol. The molecule has 2 N–H and O–H groups in total. The molecular weight excluding hydrogens is 250 g/mol. The van der Waals surface area contributed by atoms with Crippen molar-refractivity contribution in [3.63, 3.8) is 0 Å². The van der Waals surface area contributed by atoms with E-state index in [9.17, 15) is 4.79 Å². The van der Waals surface area contributed by atoms with Crippen molar-refractivity contribution < 1.29 is 4.79 Å². The molecule has 2 rings (SSSR count). The van der Waals surface area contributed by atoms with Crippen molar-refractivity contribution in [2.75, 3.05) is 23.3 Å². The number of rotatable bonds is 7. The Balaban J connectivity index is 1.95. The van der Waals surface area contributed by atoms with E-state index < -0.39 is 0 Å². The summed E-state index contributed by atoms with van der Waals surface area (Å²) < 4.78 is 0. The standard InChI is InChI=1S/C16H25N3O/c1-3-5-6-13(4-2)18-14-7-9-15(10-8-14)19-12-11-17-16(19)20/h7-10,13,18H,3-6,11-12H2,1-2H3,(H,17,20).